The zero-order valence-electron chi connectivity index (χ0n) is 11.0. The van der Waals surface area contributed by atoms with Gasteiger partial charge in [-0.05, 0) is 38.6 Å². The molecule has 2 aliphatic rings. The summed E-state index contributed by atoms with van der Waals surface area (Å²) in [6, 6.07) is 6.92. The first-order valence-electron chi connectivity index (χ1n) is 6.84. The lowest BCUT2D eigenvalue weighted by atomic mass is 10.1. The molecule has 3 heterocycles. The molecule has 0 N–H and O–H groups in total. The van der Waals surface area contributed by atoms with Gasteiger partial charge in [0, 0.05) is 13.1 Å². The summed E-state index contributed by atoms with van der Waals surface area (Å²) in [5.41, 5.74) is 1.22. The number of hydrogen-bond donors (Lipinski definition) is 0. The quantitative estimate of drug-likeness (QED) is 0.795. The fourth-order valence-electron chi connectivity index (χ4n) is 2.88. The number of pyridine rings is 1. The van der Waals surface area contributed by atoms with E-state index in [9.17, 15) is 0 Å². The molecule has 0 amide bonds. The summed E-state index contributed by atoms with van der Waals surface area (Å²) in [7, 11) is 2.20. The number of aromatic nitrogens is 1. The molecule has 0 aliphatic carbocycles. The second kappa shape index (κ2) is 5.24. The molecule has 4 heteroatoms. The lowest BCUT2D eigenvalue weighted by Gasteiger charge is -2.29. The van der Waals surface area contributed by atoms with Gasteiger partial charge in [0.25, 0.3) is 0 Å². The van der Waals surface area contributed by atoms with Crippen LogP contribution in [-0.4, -0.2) is 49.8 Å². The SMILES string of the molecule is CN1CCC[C@H]1c1cccc(N2CCOCC2)n1. The Morgan fingerprint density at radius 1 is 1.22 bits per heavy atom. The van der Waals surface area contributed by atoms with E-state index < -0.39 is 0 Å². The predicted octanol–water partition coefficient (Wildman–Crippen LogP) is 1.68. The molecule has 18 heavy (non-hydrogen) atoms. The van der Waals surface area contributed by atoms with Gasteiger partial charge in [-0.3, -0.25) is 4.90 Å². The summed E-state index contributed by atoms with van der Waals surface area (Å²) in [6.07, 6.45) is 2.51. The number of morpholine rings is 1. The van der Waals surface area contributed by atoms with Crippen LogP contribution < -0.4 is 4.90 Å². The number of hydrogen-bond acceptors (Lipinski definition) is 4. The second-order valence-electron chi connectivity index (χ2n) is 5.16. The molecule has 2 saturated heterocycles. The Kier molecular flexibility index (Phi) is 3.48. The Balaban J connectivity index is 1.79. The van der Waals surface area contributed by atoms with Crippen LogP contribution in [0.4, 0.5) is 5.82 Å². The molecule has 0 unspecified atom stereocenters. The van der Waals surface area contributed by atoms with Crippen LogP contribution in [0.5, 0.6) is 0 Å². The van der Waals surface area contributed by atoms with Crippen molar-refractivity contribution in [3.8, 4) is 0 Å². The third kappa shape index (κ3) is 2.35. The van der Waals surface area contributed by atoms with E-state index in [0.29, 0.717) is 6.04 Å². The summed E-state index contributed by atoms with van der Waals surface area (Å²) in [5, 5.41) is 0. The molecule has 0 saturated carbocycles. The van der Waals surface area contributed by atoms with E-state index in [1.807, 2.05) is 0 Å². The number of ether oxygens (including phenoxy) is 1. The molecule has 1 atom stereocenters. The molecule has 2 aliphatic heterocycles. The van der Waals surface area contributed by atoms with Crippen LogP contribution >= 0.6 is 0 Å². The van der Waals surface area contributed by atoms with Crippen molar-refractivity contribution in [1.82, 2.24) is 9.88 Å². The van der Waals surface area contributed by atoms with E-state index in [4.69, 9.17) is 9.72 Å². The maximum absolute atomic E-state index is 5.39. The fraction of sp³-hybridized carbons (Fsp3) is 0.643. The first-order chi connectivity index (χ1) is 8.84. The van der Waals surface area contributed by atoms with Crippen LogP contribution in [0, 0.1) is 0 Å². The Morgan fingerprint density at radius 2 is 2.06 bits per heavy atom. The molecular weight excluding hydrogens is 226 g/mol. The van der Waals surface area contributed by atoms with Crippen molar-refractivity contribution in [3.05, 3.63) is 23.9 Å². The van der Waals surface area contributed by atoms with Gasteiger partial charge in [-0.2, -0.15) is 0 Å². The molecule has 4 nitrogen and oxygen atoms in total. The average Bonchev–Trinajstić information content (AvgIpc) is 2.86. The topological polar surface area (TPSA) is 28.6 Å². The van der Waals surface area contributed by atoms with Crippen LogP contribution in [0.2, 0.25) is 0 Å². The van der Waals surface area contributed by atoms with E-state index in [-0.39, 0.29) is 0 Å². The van der Waals surface area contributed by atoms with Crippen molar-refractivity contribution in [1.29, 1.82) is 0 Å². The van der Waals surface area contributed by atoms with Gasteiger partial charge in [0.05, 0.1) is 24.9 Å². The Bertz CT molecular complexity index is 404. The maximum Gasteiger partial charge on any atom is 0.129 e. The van der Waals surface area contributed by atoms with Crippen molar-refractivity contribution >= 4 is 5.82 Å². The van der Waals surface area contributed by atoms with Gasteiger partial charge in [-0.1, -0.05) is 6.07 Å². The molecule has 1 aromatic heterocycles. The van der Waals surface area contributed by atoms with E-state index in [2.05, 4.69) is 35.0 Å². The number of nitrogens with zero attached hydrogens (tertiary/aromatic N) is 3. The van der Waals surface area contributed by atoms with Crippen LogP contribution in [0.3, 0.4) is 0 Å². The molecule has 0 spiro atoms. The minimum atomic E-state index is 0.506. The standard InChI is InChI=1S/C14H21N3O/c1-16-7-3-5-13(16)12-4-2-6-14(15-12)17-8-10-18-11-9-17/h2,4,6,13H,3,5,7-11H2,1H3/t13-/m0/s1. The summed E-state index contributed by atoms with van der Waals surface area (Å²) in [5.74, 6) is 1.11. The van der Waals surface area contributed by atoms with Gasteiger partial charge < -0.3 is 9.64 Å². The molecule has 1 aromatic rings. The zero-order chi connectivity index (χ0) is 12.4. The molecule has 0 aromatic carbocycles. The van der Waals surface area contributed by atoms with Gasteiger partial charge in [0.1, 0.15) is 5.82 Å². The largest absolute Gasteiger partial charge is 0.378 e. The van der Waals surface area contributed by atoms with Crippen LogP contribution in [0.25, 0.3) is 0 Å². The van der Waals surface area contributed by atoms with Crippen LogP contribution in [0.15, 0.2) is 18.2 Å². The van der Waals surface area contributed by atoms with Crippen LogP contribution in [-0.2, 0) is 4.74 Å². The van der Waals surface area contributed by atoms with Crippen LogP contribution in [0.1, 0.15) is 24.6 Å². The Morgan fingerprint density at radius 3 is 2.78 bits per heavy atom. The van der Waals surface area contributed by atoms with Gasteiger partial charge in [-0.15, -0.1) is 0 Å². The van der Waals surface area contributed by atoms with E-state index in [1.54, 1.807) is 0 Å². The average molecular weight is 247 g/mol. The summed E-state index contributed by atoms with van der Waals surface area (Å²) in [6.45, 7) is 4.73. The van der Waals surface area contributed by atoms with E-state index in [1.165, 1.54) is 25.1 Å². The van der Waals surface area contributed by atoms with E-state index >= 15 is 0 Å². The summed E-state index contributed by atoms with van der Waals surface area (Å²) >= 11 is 0. The normalized spacial score (nSPS) is 25.6. The Labute approximate surface area is 109 Å². The van der Waals surface area contributed by atoms with Crippen molar-refractivity contribution in [2.75, 3.05) is 44.8 Å². The fourth-order valence-corrected chi connectivity index (χ4v) is 2.88. The predicted molar refractivity (Wildman–Crippen MR) is 71.9 cm³/mol. The van der Waals surface area contributed by atoms with Gasteiger partial charge in [0.15, 0.2) is 0 Å². The number of likely N-dealkylation sites (tertiary alicyclic amines) is 1. The third-order valence-corrected chi connectivity index (χ3v) is 3.95. The zero-order valence-corrected chi connectivity index (χ0v) is 11.0. The highest BCUT2D eigenvalue weighted by Crippen LogP contribution is 2.30. The van der Waals surface area contributed by atoms with Gasteiger partial charge in [0.2, 0.25) is 0 Å². The lowest BCUT2D eigenvalue weighted by molar-refractivity contribution is 0.122. The highest BCUT2D eigenvalue weighted by Gasteiger charge is 2.24. The summed E-state index contributed by atoms with van der Waals surface area (Å²) < 4.78 is 5.39. The van der Waals surface area contributed by atoms with Crippen molar-refractivity contribution < 1.29 is 4.74 Å². The molecule has 3 rings (SSSR count). The summed E-state index contributed by atoms with van der Waals surface area (Å²) in [4.78, 5) is 9.59. The smallest absolute Gasteiger partial charge is 0.129 e. The third-order valence-electron chi connectivity index (χ3n) is 3.95. The first-order valence-corrected chi connectivity index (χ1v) is 6.84. The molecule has 2 fully saturated rings. The number of anilines is 1. The minimum Gasteiger partial charge on any atom is -0.378 e. The minimum absolute atomic E-state index is 0.506. The van der Waals surface area contributed by atoms with Crippen molar-refractivity contribution in [2.24, 2.45) is 0 Å². The number of rotatable bonds is 2. The molecule has 0 bridgehead atoms. The first kappa shape index (κ1) is 11.9. The van der Waals surface area contributed by atoms with Crippen molar-refractivity contribution in [3.63, 3.8) is 0 Å². The Hall–Kier alpha value is -1.13. The van der Waals surface area contributed by atoms with Gasteiger partial charge in [-0.25, -0.2) is 4.98 Å². The van der Waals surface area contributed by atoms with E-state index in [0.717, 1.165) is 32.1 Å². The molecule has 0 radical (unpaired) electrons. The van der Waals surface area contributed by atoms with Crippen molar-refractivity contribution in [2.45, 2.75) is 18.9 Å². The molecular formula is C14H21N3O. The second-order valence-corrected chi connectivity index (χ2v) is 5.16. The maximum atomic E-state index is 5.39. The van der Waals surface area contributed by atoms with Gasteiger partial charge >= 0.3 is 0 Å². The monoisotopic (exact) mass is 247 g/mol. The lowest BCUT2D eigenvalue weighted by Crippen LogP contribution is -2.37. The highest BCUT2D eigenvalue weighted by molar-refractivity contribution is 5.40. The highest BCUT2D eigenvalue weighted by atomic mass is 16.5. The molecule has 98 valence electrons.